The first-order valence-corrected chi connectivity index (χ1v) is 7.78. The van der Waals surface area contributed by atoms with Gasteiger partial charge in [0.2, 0.25) is 5.95 Å². The first-order valence-electron chi connectivity index (χ1n) is 7.02. The van der Waals surface area contributed by atoms with Gasteiger partial charge in [0.15, 0.2) is 0 Å². The third-order valence-corrected chi connectivity index (χ3v) is 4.09. The third-order valence-electron chi connectivity index (χ3n) is 3.54. The molecule has 1 aliphatic carbocycles. The van der Waals surface area contributed by atoms with Crippen LogP contribution < -0.4 is 10.6 Å². The van der Waals surface area contributed by atoms with Gasteiger partial charge in [0.05, 0.1) is 10.7 Å². The van der Waals surface area contributed by atoms with Crippen molar-refractivity contribution in [3.05, 3.63) is 40.5 Å². The highest BCUT2D eigenvalue weighted by atomic mass is 35.5. The van der Waals surface area contributed by atoms with Crippen molar-refractivity contribution in [3.8, 4) is 0 Å². The van der Waals surface area contributed by atoms with Crippen LogP contribution in [0, 0.1) is 0 Å². The Labute approximate surface area is 133 Å². The Bertz CT molecular complexity index is 627. The molecule has 6 heteroatoms. The first-order chi connectivity index (χ1) is 10.2. The van der Waals surface area contributed by atoms with Gasteiger partial charge >= 0.3 is 0 Å². The summed E-state index contributed by atoms with van der Waals surface area (Å²) in [5.41, 5.74) is 0.735. The molecule has 0 unspecified atom stereocenters. The molecule has 0 amide bonds. The van der Waals surface area contributed by atoms with Crippen LogP contribution in [-0.4, -0.2) is 16.0 Å². The lowest BCUT2D eigenvalue weighted by Gasteiger charge is -2.13. The van der Waals surface area contributed by atoms with Crippen molar-refractivity contribution in [2.24, 2.45) is 0 Å². The highest BCUT2D eigenvalue weighted by Gasteiger charge is 2.15. The van der Waals surface area contributed by atoms with Gasteiger partial charge < -0.3 is 10.6 Å². The molecule has 0 spiro atoms. The zero-order valence-corrected chi connectivity index (χ0v) is 13.0. The van der Waals surface area contributed by atoms with Crippen LogP contribution in [0.1, 0.15) is 25.7 Å². The molecule has 1 heterocycles. The van der Waals surface area contributed by atoms with Gasteiger partial charge in [-0.3, -0.25) is 0 Å². The molecule has 0 atom stereocenters. The van der Waals surface area contributed by atoms with E-state index in [9.17, 15) is 0 Å². The van der Waals surface area contributed by atoms with Crippen LogP contribution in [0.25, 0.3) is 0 Å². The number of anilines is 3. The number of halogens is 2. The van der Waals surface area contributed by atoms with Gasteiger partial charge in [-0.25, -0.2) is 4.98 Å². The number of hydrogen-bond donors (Lipinski definition) is 2. The van der Waals surface area contributed by atoms with Crippen molar-refractivity contribution in [1.29, 1.82) is 0 Å². The Hall–Kier alpha value is -1.52. The smallest absolute Gasteiger partial charge is 0.229 e. The minimum atomic E-state index is 0.516. The molecule has 21 heavy (non-hydrogen) atoms. The second kappa shape index (κ2) is 6.50. The van der Waals surface area contributed by atoms with Crippen LogP contribution in [0.3, 0.4) is 0 Å². The van der Waals surface area contributed by atoms with Crippen LogP contribution in [0.5, 0.6) is 0 Å². The maximum atomic E-state index is 6.14. The number of rotatable bonds is 4. The summed E-state index contributed by atoms with van der Waals surface area (Å²) < 4.78 is 0. The number of nitrogens with one attached hydrogen (secondary N) is 2. The second-order valence-corrected chi connectivity index (χ2v) is 5.98. The molecule has 1 aliphatic rings. The molecule has 1 aromatic carbocycles. The van der Waals surface area contributed by atoms with Crippen LogP contribution in [0.15, 0.2) is 30.5 Å². The van der Waals surface area contributed by atoms with Gasteiger partial charge in [0, 0.05) is 17.3 Å². The van der Waals surface area contributed by atoms with Crippen LogP contribution in [0.4, 0.5) is 17.5 Å². The molecule has 4 nitrogen and oxygen atoms in total. The van der Waals surface area contributed by atoms with Crippen LogP contribution in [0.2, 0.25) is 10.0 Å². The number of aromatic nitrogens is 2. The predicted octanol–water partition coefficient (Wildman–Crippen LogP) is 4.88. The maximum Gasteiger partial charge on any atom is 0.229 e. The summed E-state index contributed by atoms with van der Waals surface area (Å²) in [5, 5.41) is 7.70. The van der Waals surface area contributed by atoms with E-state index in [1.165, 1.54) is 25.7 Å². The zero-order valence-electron chi connectivity index (χ0n) is 11.4. The quantitative estimate of drug-likeness (QED) is 0.842. The van der Waals surface area contributed by atoms with Crippen molar-refractivity contribution < 1.29 is 0 Å². The summed E-state index contributed by atoms with van der Waals surface area (Å²) in [6, 6.07) is 7.67. The Balaban J connectivity index is 1.73. The normalized spacial score (nSPS) is 15.1. The lowest BCUT2D eigenvalue weighted by Crippen LogP contribution is -2.15. The van der Waals surface area contributed by atoms with E-state index in [0.29, 0.717) is 22.0 Å². The fourth-order valence-corrected chi connectivity index (χ4v) is 2.95. The molecule has 3 rings (SSSR count). The Morgan fingerprint density at radius 2 is 1.90 bits per heavy atom. The number of nitrogens with zero attached hydrogens (tertiary/aromatic N) is 2. The van der Waals surface area contributed by atoms with Crippen molar-refractivity contribution >= 4 is 40.7 Å². The fourth-order valence-electron chi connectivity index (χ4n) is 2.49. The predicted molar refractivity (Wildman–Crippen MR) is 87.7 cm³/mol. The van der Waals surface area contributed by atoms with Crippen LogP contribution in [-0.2, 0) is 0 Å². The molecule has 2 aromatic rings. The van der Waals surface area contributed by atoms with E-state index < -0.39 is 0 Å². The lowest BCUT2D eigenvalue weighted by atomic mass is 10.2. The van der Waals surface area contributed by atoms with E-state index in [1.807, 2.05) is 12.1 Å². The summed E-state index contributed by atoms with van der Waals surface area (Å²) in [6.45, 7) is 0. The fraction of sp³-hybridized carbons (Fsp3) is 0.333. The van der Waals surface area contributed by atoms with Crippen molar-refractivity contribution in [3.63, 3.8) is 0 Å². The monoisotopic (exact) mass is 322 g/mol. The summed E-state index contributed by atoms with van der Waals surface area (Å²) >= 11 is 12.0. The minimum absolute atomic E-state index is 0.516. The molecule has 0 radical (unpaired) electrons. The van der Waals surface area contributed by atoms with E-state index in [1.54, 1.807) is 18.3 Å². The van der Waals surface area contributed by atoms with Crippen LogP contribution >= 0.6 is 23.2 Å². The second-order valence-electron chi connectivity index (χ2n) is 5.14. The van der Waals surface area contributed by atoms with E-state index in [2.05, 4.69) is 20.6 Å². The Kier molecular flexibility index (Phi) is 4.46. The summed E-state index contributed by atoms with van der Waals surface area (Å²) in [7, 11) is 0. The van der Waals surface area contributed by atoms with Gasteiger partial charge in [-0.15, -0.1) is 0 Å². The molecule has 0 bridgehead atoms. The van der Waals surface area contributed by atoms with E-state index in [-0.39, 0.29) is 0 Å². The van der Waals surface area contributed by atoms with Crippen molar-refractivity contribution in [1.82, 2.24) is 9.97 Å². The van der Waals surface area contributed by atoms with E-state index >= 15 is 0 Å². The molecular formula is C15H16Cl2N4. The lowest BCUT2D eigenvalue weighted by molar-refractivity contribution is 0.750. The van der Waals surface area contributed by atoms with Gasteiger partial charge in [0.25, 0.3) is 0 Å². The molecular weight excluding hydrogens is 307 g/mol. The standard InChI is InChI=1S/C15H16Cl2N4/c16-10-5-6-13(12(17)9-10)20-15-18-8-7-14(21-15)19-11-3-1-2-4-11/h5-9,11H,1-4H2,(H2,18,19,20,21). The largest absolute Gasteiger partial charge is 0.367 e. The molecule has 0 aliphatic heterocycles. The highest BCUT2D eigenvalue weighted by Crippen LogP contribution is 2.27. The molecule has 1 saturated carbocycles. The van der Waals surface area contributed by atoms with Crippen molar-refractivity contribution in [2.75, 3.05) is 10.6 Å². The molecule has 110 valence electrons. The average molecular weight is 323 g/mol. The molecule has 2 N–H and O–H groups in total. The van der Waals surface area contributed by atoms with Gasteiger partial charge in [-0.05, 0) is 37.1 Å². The summed E-state index contributed by atoms with van der Waals surface area (Å²) in [5.74, 6) is 1.35. The van der Waals surface area contributed by atoms with Crippen molar-refractivity contribution in [2.45, 2.75) is 31.7 Å². The van der Waals surface area contributed by atoms with E-state index in [0.717, 1.165) is 11.5 Å². The van der Waals surface area contributed by atoms with Gasteiger partial charge in [-0.1, -0.05) is 36.0 Å². The van der Waals surface area contributed by atoms with Gasteiger partial charge in [0.1, 0.15) is 5.82 Å². The zero-order chi connectivity index (χ0) is 14.7. The number of benzene rings is 1. The Morgan fingerprint density at radius 1 is 1.10 bits per heavy atom. The van der Waals surface area contributed by atoms with E-state index in [4.69, 9.17) is 23.2 Å². The summed E-state index contributed by atoms with van der Waals surface area (Å²) in [6.07, 6.45) is 6.71. The molecule has 0 saturated heterocycles. The average Bonchev–Trinajstić information content (AvgIpc) is 2.95. The number of hydrogen-bond acceptors (Lipinski definition) is 4. The molecule has 1 aromatic heterocycles. The summed E-state index contributed by atoms with van der Waals surface area (Å²) in [4.78, 5) is 8.69. The third kappa shape index (κ3) is 3.77. The first kappa shape index (κ1) is 14.4. The highest BCUT2D eigenvalue weighted by molar-refractivity contribution is 6.36. The SMILES string of the molecule is Clc1ccc(Nc2nccc(NC3CCCC3)n2)c(Cl)c1. The van der Waals surface area contributed by atoms with Gasteiger partial charge in [-0.2, -0.15) is 4.98 Å². The maximum absolute atomic E-state index is 6.14. The minimum Gasteiger partial charge on any atom is -0.367 e. The Morgan fingerprint density at radius 3 is 2.67 bits per heavy atom. The topological polar surface area (TPSA) is 49.8 Å². The molecule has 1 fully saturated rings.